The minimum absolute atomic E-state index is 0.0179. The molecule has 0 unspecified atom stereocenters. The largest absolute Gasteiger partial charge is 0.508 e. The standard InChI is InChI=1S/C58H76N16O13/c1-33(2)22-42(51(80)69-41(14-8-20-63-57(60)61)56(85)74-21-9-15-47(74)55(84)65-28-48(59)77)68-49(78)29-66-50(79)43(23-34-16-18-38(76)19-17-34)70-54(83)46(30-75)72-52(81)44(24-36-26-64-40-13-7-6-12-39(36)40)71-53(82)45(25-37-27-62-32-67-37)73-58(86)87-31-35-10-4-3-5-11-35/h3-7,10-13,16-19,26-27,32-33,41-47,64,75-76H,8-9,14-15,20-25,28-31H2,1-2H3,(H2,59,77)(H,62,67)(H,65,84)(H,66,79)(H,68,78)(H,69,80)(H,70,83)(H,71,82)(H,72,81)(H,73,86)(H4,60,61,63)/t41-,42-,43-,44-,45-,46-,47-/m0/s1. The number of aromatic amines is 2. The first-order chi connectivity index (χ1) is 41.7. The van der Waals surface area contributed by atoms with E-state index in [9.17, 15) is 58.2 Å². The van der Waals surface area contributed by atoms with Gasteiger partial charge in [0.1, 0.15) is 54.6 Å². The molecule has 1 aliphatic rings. The predicted octanol–water partition coefficient (Wildman–Crippen LogP) is -1.86. The van der Waals surface area contributed by atoms with E-state index in [-0.39, 0.29) is 82.3 Å². The van der Waals surface area contributed by atoms with Crippen LogP contribution in [0.5, 0.6) is 5.75 Å². The number of hydrogen-bond acceptors (Lipinski definition) is 15. The molecule has 6 rings (SSSR count). The lowest BCUT2D eigenvalue weighted by Crippen LogP contribution is -2.60. The maximum atomic E-state index is 14.5. The molecular formula is C58H76N16O13. The second-order valence-electron chi connectivity index (χ2n) is 21.2. The number of imidazole rings is 1. The zero-order valence-electron chi connectivity index (χ0n) is 48.2. The highest BCUT2D eigenvalue weighted by Gasteiger charge is 2.39. The molecule has 1 aliphatic heterocycles. The lowest BCUT2D eigenvalue weighted by Gasteiger charge is -2.30. The molecule has 0 saturated carbocycles. The van der Waals surface area contributed by atoms with Gasteiger partial charge in [0.25, 0.3) is 0 Å². The van der Waals surface area contributed by atoms with Crippen molar-refractivity contribution < 1.29 is 62.9 Å². The van der Waals surface area contributed by atoms with E-state index in [0.717, 1.165) is 0 Å². The minimum atomic E-state index is -1.75. The number of carbonyl (C=O) groups is 10. The van der Waals surface area contributed by atoms with E-state index in [1.54, 1.807) is 74.6 Å². The van der Waals surface area contributed by atoms with Gasteiger partial charge in [0.15, 0.2) is 5.96 Å². The average molecular weight is 1210 g/mol. The van der Waals surface area contributed by atoms with Crippen molar-refractivity contribution in [3.05, 3.63) is 120 Å². The molecule has 10 amide bonds. The second-order valence-corrected chi connectivity index (χ2v) is 21.2. The molecule has 29 heteroatoms. The van der Waals surface area contributed by atoms with Gasteiger partial charge in [-0.3, -0.25) is 48.1 Å². The van der Waals surface area contributed by atoms with Crippen LogP contribution in [0.2, 0.25) is 0 Å². The number of primary amides is 1. The molecule has 1 fully saturated rings. The third kappa shape index (κ3) is 20.9. The van der Waals surface area contributed by atoms with Gasteiger partial charge in [0, 0.05) is 61.3 Å². The van der Waals surface area contributed by atoms with Crippen molar-refractivity contribution in [2.45, 2.75) is 114 Å². The van der Waals surface area contributed by atoms with Crippen molar-refractivity contribution in [2.75, 3.05) is 32.8 Å². The van der Waals surface area contributed by atoms with Crippen LogP contribution in [0.15, 0.2) is 103 Å². The number of nitrogens with one attached hydrogen (secondary N) is 10. The van der Waals surface area contributed by atoms with Crippen LogP contribution in [0.3, 0.4) is 0 Å². The van der Waals surface area contributed by atoms with Crippen LogP contribution < -0.4 is 59.7 Å². The molecule has 18 N–H and O–H groups in total. The number of phenols is 1. The normalized spacial score (nSPS) is 14.9. The van der Waals surface area contributed by atoms with Crippen LogP contribution >= 0.6 is 0 Å². The first-order valence-corrected chi connectivity index (χ1v) is 28.3. The minimum Gasteiger partial charge on any atom is -0.508 e. The van der Waals surface area contributed by atoms with Crippen LogP contribution in [-0.2, 0) is 73.8 Å². The number of aromatic hydroxyl groups is 1. The Morgan fingerprint density at radius 3 is 2.01 bits per heavy atom. The number of para-hydroxylation sites is 1. The fourth-order valence-corrected chi connectivity index (χ4v) is 9.62. The Morgan fingerprint density at radius 2 is 1.34 bits per heavy atom. The molecule has 87 heavy (non-hydrogen) atoms. The summed E-state index contributed by atoms with van der Waals surface area (Å²) in [6.07, 6.45) is 4.05. The number of aliphatic imine (C=N–C) groups is 1. The number of benzene rings is 3. The van der Waals surface area contributed by atoms with Crippen LogP contribution in [0.4, 0.5) is 4.79 Å². The maximum absolute atomic E-state index is 14.5. The van der Waals surface area contributed by atoms with Crippen molar-refractivity contribution in [2.24, 2.45) is 28.1 Å². The molecule has 2 aromatic heterocycles. The number of fused-ring (bicyclic) bond motifs is 1. The zero-order valence-corrected chi connectivity index (χ0v) is 48.2. The Hall–Kier alpha value is -10.1. The average Bonchev–Trinajstić information content (AvgIpc) is 2.40. The first-order valence-electron chi connectivity index (χ1n) is 28.3. The number of H-pyrrole nitrogens is 2. The molecule has 0 spiro atoms. The van der Waals surface area contributed by atoms with Gasteiger partial charge in [-0.15, -0.1) is 0 Å². The number of likely N-dealkylation sites (tertiary alicyclic amines) is 1. The third-order valence-electron chi connectivity index (χ3n) is 14.0. The Balaban J connectivity index is 1.16. The van der Waals surface area contributed by atoms with Gasteiger partial charge in [0.05, 0.1) is 26.0 Å². The highest BCUT2D eigenvalue weighted by Crippen LogP contribution is 2.22. The summed E-state index contributed by atoms with van der Waals surface area (Å²) in [7, 11) is 0. The molecule has 466 valence electrons. The van der Waals surface area contributed by atoms with Gasteiger partial charge in [-0.25, -0.2) is 9.78 Å². The van der Waals surface area contributed by atoms with E-state index in [1.807, 2.05) is 0 Å². The van der Waals surface area contributed by atoms with Gasteiger partial charge >= 0.3 is 6.09 Å². The molecular weight excluding hydrogens is 1130 g/mol. The SMILES string of the molecule is CC(C)C[C@H](NC(=O)CNC(=O)[C@H](Cc1ccc(O)cc1)NC(=O)[C@H](CO)NC(=O)[C@H](Cc1c[nH]c2ccccc12)NC(=O)[C@H](Cc1cnc[nH]1)NC(=O)OCc1ccccc1)C(=O)N[C@@H](CCCN=C(N)N)C(=O)N1CCC[C@H]1C(=O)NCC(N)=O. The van der Waals surface area contributed by atoms with Crippen molar-refractivity contribution in [1.29, 1.82) is 0 Å². The lowest BCUT2D eigenvalue weighted by atomic mass is 10.0. The van der Waals surface area contributed by atoms with E-state index >= 15 is 0 Å². The Morgan fingerprint density at radius 1 is 0.701 bits per heavy atom. The molecule has 5 aromatic rings. The maximum Gasteiger partial charge on any atom is 0.408 e. The smallest absolute Gasteiger partial charge is 0.408 e. The number of guanidine groups is 1. The topological polar surface area (TPSA) is 455 Å². The van der Waals surface area contributed by atoms with Crippen LogP contribution in [0.25, 0.3) is 10.9 Å². The van der Waals surface area contributed by atoms with Crippen LogP contribution in [0.1, 0.15) is 68.3 Å². The number of nitrogens with two attached hydrogens (primary N) is 3. The number of nitrogens with zero attached hydrogens (tertiary/aromatic N) is 3. The number of hydrogen-bond donors (Lipinski definition) is 15. The Labute approximate surface area is 500 Å². The van der Waals surface area contributed by atoms with Gasteiger partial charge in [-0.05, 0) is 72.9 Å². The van der Waals surface area contributed by atoms with Crippen LogP contribution in [0, 0.1) is 5.92 Å². The number of rotatable bonds is 32. The number of ether oxygens (including phenoxy) is 1. The highest BCUT2D eigenvalue weighted by molar-refractivity contribution is 5.98. The zero-order chi connectivity index (χ0) is 63.0. The molecule has 0 radical (unpaired) electrons. The van der Waals surface area contributed by atoms with Gasteiger partial charge in [-0.2, -0.15) is 0 Å². The molecule has 0 aliphatic carbocycles. The summed E-state index contributed by atoms with van der Waals surface area (Å²) in [5.74, 6) is -7.85. The molecule has 3 aromatic carbocycles. The lowest BCUT2D eigenvalue weighted by molar-refractivity contribution is -0.142. The van der Waals surface area contributed by atoms with Crippen molar-refractivity contribution in [3.63, 3.8) is 0 Å². The molecule has 1 saturated heterocycles. The van der Waals surface area contributed by atoms with E-state index in [1.165, 1.54) is 41.7 Å². The number of carbonyl (C=O) groups excluding carboxylic acids is 10. The summed E-state index contributed by atoms with van der Waals surface area (Å²) in [5.41, 5.74) is 19.1. The highest BCUT2D eigenvalue weighted by atomic mass is 16.5. The summed E-state index contributed by atoms with van der Waals surface area (Å²) in [6, 6.07) is 12.2. The summed E-state index contributed by atoms with van der Waals surface area (Å²) >= 11 is 0. The molecule has 29 nitrogen and oxygen atoms in total. The fourth-order valence-electron chi connectivity index (χ4n) is 9.62. The first kappa shape index (κ1) is 66.1. The number of amides is 10. The van der Waals surface area contributed by atoms with Gasteiger partial charge in [0.2, 0.25) is 53.2 Å². The van der Waals surface area contributed by atoms with Crippen molar-refractivity contribution >= 4 is 76.1 Å². The summed E-state index contributed by atoms with van der Waals surface area (Å²) in [4.78, 5) is 152. The molecule has 7 atom stereocenters. The predicted molar refractivity (Wildman–Crippen MR) is 316 cm³/mol. The third-order valence-corrected chi connectivity index (χ3v) is 14.0. The quantitative estimate of drug-likeness (QED) is 0.0128. The number of phenolic OH excluding ortho intramolecular Hbond substituents is 1. The van der Waals surface area contributed by atoms with Crippen molar-refractivity contribution in [1.82, 2.24) is 62.4 Å². The number of alkyl carbamates (subject to hydrolysis) is 1. The second kappa shape index (κ2) is 32.9. The number of aliphatic hydroxyl groups is 1. The van der Waals surface area contributed by atoms with E-state index in [0.29, 0.717) is 39.7 Å². The number of aliphatic hydroxyl groups excluding tert-OH is 1. The Bertz CT molecular complexity index is 3190. The monoisotopic (exact) mass is 1200 g/mol. The van der Waals surface area contributed by atoms with Gasteiger partial charge in [-0.1, -0.05) is 74.5 Å². The van der Waals surface area contributed by atoms with Crippen LogP contribution in [-0.4, -0.2) is 170 Å². The molecule has 0 bridgehead atoms. The Kier molecular flexibility index (Phi) is 25.0. The van der Waals surface area contributed by atoms with E-state index < -0.39 is 121 Å². The summed E-state index contributed by atoms with van der Waals surface area (Å²) < 4.78 is 5.41. The summed E-state index contributed by atoms with van der Waals surface area (Å²) in [6.45, 7) is 1.53. The fraction of sp³-hybridized carbons (Fsp3) is 0.414. The van der Waals surface area contributed by atoms with E-state index in [4.69, 9.17) is 21.9 Å². The van der Waals surface area contributed by atoms with Gasteiger partial charge < -0.3 is 89.6 Å². The van der Waals surface area contributed by atoms with E-state index in [2.05, 4.69) is 62.5 Å². The van der Waals surface area contributed by atoms with Crippen molar-refractivity contribution in [3.8, 4) is 5.75 Å². The molecule has 3 heterocycles. The number of aromatic nitrogens is 3. The summed E-state index contributed by atoms with van der Waals surface area (Å²) in [5, 5.41) is 41.9.